The highest BCUT2D eigenvalue weighted by Gasteiger charge is 2.19. The number of halogens is 3. The van der Waals surface area contributed by atoms with Crippen LogP contribution in [0.3, 0.4) is 0 Å². The van der Waals surface area contributed by atoms with Gasteiger partial charge in [0, 0.05) is 26.8 Å². The van der Waals surface area contributed by atoms with Gasteiger partial charge in [-0.2, -0.15) is 0 Å². The molecule has 3 aromatic carbocycles. The van der Waals surface area contributed by atoms with E-state index in [4.69, 9.17) is 34.8 Å². The molecule has 0 aliphatic heterocycles. The predicted octanol–water partition coefficient (Wildman–Crippen LogP) is 6.96. The molecule has 4 aromatic rings. The van der Waals surface area contributed by atoms with E-state index >= 15 is 0 Å². The lowest BCUT2D eigenvalue weighted by atomic mass is 10.0. The highest BCUT2D eigenvalue weighted by Crippen LogP contribution is 2.40. The summed E-state index contributed by atoms with van der Waals surface area (Å²) in [5.74, 6) is 0. The van der Waals surface area contributed by atoms with Crippen molar-refractivity contribution >= 4 is 66.1 Å². The van der Waals surface area contributed by atoms with Gasteiger partial charge < -0.3 is 0 Å². The number of fused-ring (bicyclic) bond motifs is 1. The van der Waals surface area contributed by atoms with E-state index in [2.05, 4.69) is 0 Å². The highest BCUT2D eigenvalue weighted by atomic mass is 35.5. The topological polar surface area (TPSA) is 51.2 Å². The van der Waals surface area contributed by atoms with Crippen molar-refractivity contribution in [2.24, 2.45) is 0 Å². The summed E-state index contributed by atoms with van der Waals surface area (Å²) in [5, 5.41) is 1.29. The Kier molecular flexibility index (Phi) is 5.68. The first kappa shape index (κ1) is 21.3. The summed E-state index contributed by atoms with van der Waals surface area (Å²) >= 11 is 20.0. The molecule has 30 heavy (non-hydrogen) atoms. The van der Waals surface area contributed by atoms with Gasteiger partial charge in [0.2, 0.25) is 0 Å². The van der Waals surface area contributed by atoms with Crippen LogP contribution in [0.2, 0.25) is 15.1 Å². The van der Waals surface area contributed by atoms with Gasteiger partial charge in [-0.1, -0.05) is 59.1 Å². The lowest BCUT2D eigenvalue weighted by molar-refractivity contribution is 0.602. The third-order valence-corrected chi connectivity index (χ3v) is 8.16. The first-order chi connectivity index (χ1) is 14.2. The van der Waals surface area contributed by atoms with Crippen molar-refractivity contribution in [2.45, 2.75) is 4.90 Å². The summed E-state index contributed by atoms with van der Waals surface area (Å²) in [4.78, 5) is 14.3. The molecule has 0 aliphatic carbocycles. The van der Waals surface area contributed by atoms with Gasteiger partial charge >= 0.3 is 0 Å². The van der Waals surface area contributed by atoms with Gasteiger partial charge in [0.1, 0.15) is 0 Å². The van der Waals surface area contributed by atoms with Crippen LogP contribution >= 0.6 is 46.1 Å². The molecular weight excluding hydrogens is 483 g/mol. The van der Waals surface area contributed by atoms with Gasteiger partial charge in [0.25, 0.3) is 0 Å². The molecule has 3 nitrogen and oxygen atoms in total. The first-order valence-corrected chi connectivity index (χ1v) is 12.5. The molecule has 8 heteroatoms. The number of rotatable bonds is 3. The normalized spacial score (nSPS) is 11.7. The fourth-order valence-corrected chi connectivity index (χ4v) is 5.59. The maximum absolute atomic E-state index is 13.4. The molecule has 0 radical (unpaired) electrons. The fourth-order valence-electron chi connectivity index (χ4n) is 3.16. The Labute approximate surface area is 192 Å². The Balaban J connectivity index is 2.06. The van der Waals surface area contributed by atoms with Gasteiger partial charge in [0.05, 0.1) is 20.0 Å². The standard InChI is InChI=1S/C22H13Cl3O3S2/c1-30(27,28)14-8-6-12(7-9-14)22-19(13-10-16(23)20(25)17(24)11-13)21(26)15-4-2-3-5-18(15)29-22/h2-11H,1H3. The second kappa shape index (κ2) is 7.98. The van der Waals surface area contributed by atoms with Crippen LogP contribution in [0.15, 0.2) is 70.4 Å². The van der Waals surface area contributed by atoms with Crippen molar-refractivity contribution in [1.82, 2.24) is 0 Å². The summed E-state index contributed by atoms with van der Waals surface area (Å²) in [6, 6.07) is 17.0. The lowest BCUT2D eigenvalue weighted by Crippen LogP contribution is -2.06. The minimum absolute atomic E-state index is 0.166. The molecule has 0 spiro atoms. The maximum Gasteiger partial charge on any atom is 0.196 e. The molecule has 152 valence electrons. The van der Waals surface area contributed by atoms with Gasteiger partial charge in [-0.05, 0) is 47.5 Å². The summed E-state index contributed by atoms with van der Waals surface area (Å²) in [5.41, 5.74) is 1.53. The minimum Gasteiger partial charge on any atom is -0.288 e. The molecule has 1 aromatic heterocycles. The maximum atomic E-state index is 13.4. The van der Waals surface area contributed by atoms with Crippen molar-refractivity contribution in [3.63, 3.8) is 0 Å². The van der Waals surface area contributed by atoms with Crippen LogP contribution in [-0.4, -0.2) is 14.7 Å². The first-order valence-electron chi connectivity index (χ1n) is 8.68. The van der Waals surface area contributed by atoms with Crippen molar-refractivity contribution in [3.8, 4) is 21.6 Å². The third-order valence-electron chi connectivity index (χ3n) is 4.61. The molecule has 0 atom stereocenters. The Morgan fingerprint density at radius 3 is 2.03 bits per heavy atom. The predicted molar refractivity (Wildman–Crippen MR) is 127 cm³/mol. The van der Waals surface area contributed by atoms with E-state index in [9.17, 15) is 13.2 Å². The van der Waals surface area contributed by atoms with Crippen LogP contribution < -0.4 is 5.43 Å². The van der Waals surface area contributed by atoms with E-state index in [1.807, 2.05) is 18.2 Å². The van der Waals surface area contributed by atoms with Gasteiger partial charge in [-0.25, -0.2) is 8.42 Å². The highest BCUT2D eigenvalue weighted by molar-refractivity contribution is 7.90. The smallest absolute Gasteiger partial charge is 0.196 e. The van der Waals surface area contributed by atoms with Gasteiger partial charge in [0.15, 0.2) is 15.3 Å². The van der Waals surface area contributed by atoms with Crippen LogP contribution in [-0.2, 0) is 9.84 Å². The summed E-state index contributed by atoms with van der Waals surface area (Å²) in [7, 11) is -3.33. The van der Waals surface area contributed by atoms with Gasteiger partial charge in [-0.3, -0.25) is 4.79 Å². The van der Waals surface area contributed by atoms with Crippen molar-refractivity contribution in [3.05, 3.63) is 86.0 Å². The largest absolute Gasteiger partial charge is 0.288 e. The van der Waals surface area contributed by atoms with E-state index in [0.717, 1.165) is 11.0 Å². The van der Waals surface area contributed by atoms with Crippen molar-refractivity contribution in [2.75, 3.05) is 6.26 Å². The summed E-state index contributed by atoms with van der Waals surface area (Å²) in [6.07, 6.45) is 1.15. The second-order valence-electron chi connectivity index (χ2n) is 6.68. The Hall–Kier alpha value is -1.89. The Morgan fingerprint density at radius 2 is 1.43 bits per heavy atom. The number of hydrogen-bond donors (Lipinski definition) is 0. The second-order valence-corrected chi connectivity index (χ2v) is 10.9. The number of benzene rings is 3. The van der Waals surface area contributed by atoms with E-state index < -0.39 is 9.84 Å². The zero-order valence-corrected chi connectivity index (χ0v) is 19.3. The molecule has 0 N–H and O–H groups in total. The zero-order chi connectivity index (χ0) is 21.6. The van der Waals surface area contributed by atoms with Crippen LogP contribution in [0.4, 0.5) is 0 Å². The molecular formula is C22H13Cl3O3S2. The monoisotopic (exact) mass is 494 g/mol. The van der Waals surface area contributed by atoms with E-state index in [1.54, 1.807) is 30.3 Å². The van der Waals surface area contributed by atoms with Crippen molar-refractivity contribution in [1.29, 1.82) is 0 Å². The molecule has 0 saturated heterocycles. The number of hydrogen-bond acceptors (Lipinski definition) is 4. The SMILES string of the molecule is CS(=O)(=O)c1ccc(-c2sc3ccccc3c(=O)c2-c2cc(Cl)c(Cl)c(Cl)c2)cc1. The van der Waals surface area contributed by atoms with Crippen LogP contribution in [0.1, 0.15) is 0 Å². The average Bonchev–Trinajstić information content (AvgIpc) is 2.71. The zero-order valence-electron chi connectivity index (χ0n) is 15.4. The van der Waals surface area contributed by atoms with Crippen LogP contribution in [0.25, 0.3) is 31.7 Å². The van der Waals surface area contributed by atoms with Crippen LogP contribution in [0, 0.1) is 0 Å². The lowest BCUT2D eigenvalue weighted by Gasteiger charge is -2.13. The van der Waals surface area contributed by atoms with Crippen molar-refractivity contribution < 1.29 is 8.42 Å². The van der Waals surface area contributed by atoms with E-state index in [0.29, 0.717) is 27.0 Å². The molecule has 0 aliphatic rings. The molecule has 0 saturated carbocycles. The summed E-state index contributed by atoms with van der Waals surface area (Å²) < 4.78 is 24.5. The quantitative estimate of drug-likeness (QED) is 0.289. The molecule has 0 bridgehead atoms. The van der Waals surface area contributed by atoms with Gasteiger partial charge in [-0.15, -0.1) is 11.3 Å². The molecule has 0 fully saturated rings. The van der Waals surface area contributed by atoms with E-state index in [1.165, 1.54) is 23.5 Å². The Morgan fingerprint density at radius 1 is 0.833 bits per heavy atom. The molecule has 4 rings (SSSR count). The summed E-state index contributed by atoms with van der Waals surface area (Å²) in [6.45, 7) is 0. The fraction of sp³-hybridized carbons (Fsp3) is 0.0455. The third kappa shape index (κ3) is 3.88. The molecule has 0 unspecified atom stereocenters. The minimum atomic E-state index is -3.33. The number of sulfone groups is 1. The van der Waals surface area contributed by atoms with Crippen LogP contribution in [0.5, 0.6) is 0 Å². The molecule has 0 amide bonds. The molecule has 1 heterocycles. The van der Waals surface area contributed by atoms with E-state index in [-0.39, 0.29) is 25.4 Å². The average molecular weight is 496 g/mol. The Bertz CT molecular complexity index is 1430.